The van der Waals surface area contributed by atoms with Crippen molar-refractivity contribution < 1.29 is 9.59 Å². The molecule has 21 heavy (non-hydrogen) atoms. The molecule has 0 aliphatic heterocycles. The van der Waals surface area contributed by atoms with Gasteiger partial charge in [0.25, 0.3) is 0 Å². The molecule has 2 amide bonds. The highest BCUT2D eigenvalue weighted by Gasteiger charge is 2.18. The minimum absolute atomic E-state index is 0.138. The first kappa shape index (κ1) is 17.9. The number of carbonyl (C=O) groups is 2. The fourth-order valence-electron chi connectivity index (χ4n) is 2.12. The summed E-state index contributed by atoms with van der Waals surface area (Å²) < 4.78 is 0. The maximum absolute atomic E-state index is 11.2. The molecule has 1 rings (SSSR count). The van der Waals surface area contributed by atoms with Crippen molar-refractivity contribution in [3.8, 4) is 0 Å². The molecule has 0 spiro atoms. The second-order valence-corrected chi connectivity index (χ2v) is 7.32. The first-order valence-corrected chi connectivity index (χ1v) is 8.90. The molecule has 0 heterocycles. The van der Waals surface area contributed by atoms with Crippen molar-refractivity contribution in [1.29, 1.82) is 0 Å². The highest BCUT2D eigenvalue weighted by Crippen LogP contribution is 2.32. The monoisotopic (exact) mass is 326 g/mol. The Hall–Kier alpha value is -1.14. The standard InChI is InChI=1S/C15H22N2O2S2/c1-3-20-12-5-10(6-13(9-12)21-4-2)11(7-14(16)18)8-15(17)19/h5-6,9,11H,3-4,7-8H2,1-2H3,(H2,16,18)(H2,17,19). The summed E-state index contributed by atoms with van der Waals surface area (Å²) in [5.41, 5.74) is 11.6. The third-order valence-corrected chi connectivity index (χ3v) is 4.61. The summed E-state index contributed by atoms with van der Waals surface area (Å²) in [6.07, 6.45) is 0.277. The highest BCUT2D eigenvalue weighted by atomic mass is 32.2. The van der Waals surface area contributed by atoms with Crippen LogP contribution in [0.15, 0.2) is 28.0 Å². The molecule has 4 nitrogen and oxygen atoms in total. The van der Waals surface area contributed by atoms with Crippen LogP contribution in [0.5, 0.6) is 0 Å². The van der Waals surface area contributed by atoms with Crippen molar-refractivity contribution in [1.82, 2.24) is 0 Å². The lowest BCUT2D eigenvalue weighted by molar-refractivity contribution is -0.119. The van der Waals surface area contributed by atoms with E-state index in [4.69, 9.17) is 11.5 Å². The van der Waals surface area contributed by atoms with E-state index in [-0.39, 0.29) is 18.8 Å². The third kappa shape index (κ3) is 6.44. The topological polar surface area (TPSA) is 86.2 Å². The summed E-state index contributed by atoms with van der Waals surface area (Å²) >= 11 is 3.48. The van der Waals surface area contributed by atoms with E-state index in [1.54, 1.807) is 23.5 Å². The lowest BCUT2D eigenvalue weighted by Crippen LogP contribution is -2.21. The van der Waals surface area contributed by atoms with Crippen LogP contribution < -0.4 is 11.5 Å². The SMILES string of the molecule is CCSc1cc(SCC)cc(C(CC(N)=O)CC(N)=O)c1. The Morgan fingerprint density at radius 2 is 1.38 bits per heavy atom. The smallest absolute Gasteiger partial charge is 0.218 e. The van der Waals surface area contributed by atoms with Crippen LogP contribution in [-0.2, 0) is 9.59 Å². The molecule has 0 saturated carbocycles. The van der Waals surface area contributed by atoms with Crippen LogP contribution in [0.25, 0.3) is 0 Å². The number of hydrogen-bond donors (Lipinski definition) is 2. The largest absolute Gasteiger partial charge is 0.370 e. The molecule has 0 aromatic heterocycles. The van der Waals surface area contributed by atoms with Crippen LogP contribution in [-0.4, -0.2) is 23.3 Å². The quantitative estimate of drug-likeness (QED) is 0.683. The minimum Gasteiger partial charge on any atom is -0.370 e. The van der Waals surface area contributed by atoms with Gasteiger partial charge in [0.15, 0.2) is 0 Å². The molecule has 0 saturated heterocycles. The van der Waals surface area contributed by atoms with Crippen molar-refractivity contribution in [2.24, 2.45) is 11.5 Å². The summed E-state index contributed by atoms with van der Waals surface area (Å²) in [5.74, 6) is 0.860. The highest BCUT2D eigenvalue weighted by molar-refractivity contribution is 8.00. The third-order valence-electron chi connectivity index (χ3n) is 2.89. The molecule has 0 unspecified atom stereocenters. The zero-order chi connectivity index (χ0) is 15.8. The average molecular weight is 326 g/mol. The second-order valence-electron chi connectivity index (χ2n) is 4.64. The summed E-state index contributed by atoms with van der Waals surface area (Å²) in [6.45, 7) is 4.18. The van der Waals surface area contributed by atoms with Gasteiger partial charge in [0.1, 0.15) is 0 Å². The number of primary amides is 2. The van der Waals surface area contributed by atoms with Gasteiger partial charge in [-0.2, -0.15) is 0 Å². The van der Waals surface area contributed by atoms with Crippen LogP contribution in [0.4, 0.5) is 0 Å². The van der Waals surface area contributed by atoms with E-state index in [0.29, 0.717) is 0 Å². The Morgan fingerprint density at radius 1 is 0.952 bits per heavy atom. The Bertz CT molecular complexity index is 466. The van der Waals surface area contributed by atoms with Crippen molar-refractivity contribution in [2.45, 2.75) is 42.4 Å². The van der Waals surface area contributed by atoms with Crippen LogP contribution in [0.1, 0.15) is 38.2 Å². The van der Waals surface area contributed by atoms with Gasteiger partial charge in [-0.05, 0) is 35.3 Å². The zero-order valence-electron chi connectivity index (χ0n) is 12.4. The van der Waals surface area contributed by atoms with Gasteiger partial charge in [-0.25, -0.2) is 0 Å². The van der Waals surface area contributed by atoms with Crippen molar-refractivity contribution in [3.05, 3.63) is 23.8 Å². The van der Waals surface area contributed by atoms with E-state index in [0.717, 1.165) is 26.9 Å². The van der Waals surface area contributed by atoms with Gasteiger partial charge in [0.05, 0.1) is 0 Å². The fraction of sp³-hybridized carbons (Fsp3) is 0.467. The van der Waals surface area contributed by atoms with Gasteiger partial charge >= 0.3 is 0 Å². The lowest BCUT2D eigenvalue weighted by Gasteiger charge is -2.16. The lowest BCUT2D eigenvalue weighted by atomic mass is 9.92. The van der Waals surface area contributed by atoms with E-state index in [1.807, 2.05) is 12.1 Å². The minimum atomic E-state index is -0.417. The van der Waals surface area contributed by atoms with Gasteiger partial charge in [0, 0.05) is 28.6 Å². The predicted molar refractivity (Wildman–Crippen MR) is 89.6 cm³/mol. The van der Waals surface area contributed by atoms with Crippen LogP contribution >= 0.6 is 23.5 Å². The molecule has 0 bridgehead atoms. The number of thioether (sulfide) groups is 2. The molecule has 1 aromatic rings. The van der Waals surface area contributed by atoms with E-state index in [2.05, 4.69) is 19.9 Å². The molecular formula is C15H22N2O2S2. The molecule has 116 valence electrons. The number of hydrogen-bond acceptors (Lipinski definition) is 4. The van der Waals surface area contributed by atoms with E-state index >= 15 is 0 Å². The van der Waals surface area contributed by atoms with Gasteiger partial charge in [-0.1, -0.05) is 13.8 Å². The molecule has 0 atom stereocenters. The number of nitrogens with two attached hydrogens (primary N) is 2. The summed E-state index contributed by atoms with van der Waals surface area (Å²) in [6, 6.07) is 6.20. The Kier molecular flexibility index (Phi) is 7.67. The normalized spacial score (nSPS) is 10.8. The number of rotatable bonds is 9. The van der Waals surface area contributed by atoms with E-state index < -0.39 is 11.8 Å². The van der Waals surface area contributed by atoms with Crippen LogP contribution in [0.2, 0.25) is 0 Å². The number of carbonyl (C=O) groups excluding carboxylic acids is 2. The second kappa shape index (κ2) is 9.00. The van der Waals surface area contributed by atoms with Crippen LogP contribution in [0.3, 0.4) is 0 Å². The van der Waals surface area contributed by atoms with Crippen molar-refractivity contribution in [2.75, 3.05) is 11.5 Å². The fourth-order valence-corrected chi connectivity index (χ4v) is 3.72. The molecule has 1 aromatic carbocycles. The zero-order valence-corrected chi connectivity index (χ0v) is 14.1. The average Bonchev–Trinajstić information content (AvgIpc) is 2.37. The maximum Gasteiger partial charge on any atom is 0.218 e. The van der Waals surface area contributed by atoms with Gasteiger partial charge in [0.2, 0.25) is 11.8 Å². The molecule has 6 heteroatoms. The summed E-state index contributed by atoms with van der Waals surface area (Å²) in [7, 11) is 0. The Balaban J connectivity index is 3.13. The Labute approximate surface area is 134 Å². The number of benzene rings is 1. The maximum atomic E-state index is 11.2. The molecule has 0 fully saturated rings. The predicted octanol–water partition coefficient (Wildman–Crippen LogP) is 2.74. The van der Waals surface area contributed by atoms with Crippen molar-refractivity contribution >= 4 is 35.3 Å². The van der Waals surface area contributed by atoms with Gasteiger partial charge in [-0.3, -0.25) is 9.59 Å². The molecule has 0 aliphatic carbocycles. The molecular weight excluding hydrogens is 304 g/mol. The van der Waals surface area contributed by atoms with Gasteiger partial charge < -0.3 is 11.5 Å². The summed E-state index contributed by atoms with van der Waals surface area (Å²) in [4.78, 5) is 24.8. The number of amides is 2. The first-order valence-electron chi connectivity index (χ1n) is 6.93. The first-order chi connectivity index (χ1) is 9.96. The van der Waals surface area contributed by atoms with E-state index in [1.165, 1.54) is 0 Å². The molecule has 0 aliphatic rings. The van der Waals surface area contributed by atoms with Crippen molar-refractivity contribution in [3.63, 3.8) is 0 Å². The van der Waals surface area contributed by atoms with Gasteiger partial charge in [-0.15, -0.1) is 23.5 Å². The molecule has 4 N–H and O–H groups in total. The summed E-state index contributed by atoms with van der Waals surface area (Å²) in [5, 5.41) is 0. The van der Waals surface area contributed by atoms with Crippen LogP contribution in [0, 0.1) is 0 Å². The Morgan fingerprint density at radius 3 is 1.71 bits per heavy atom. The molecule has 0 radical (unpaired) electrons. The van der Waals surface area contributed by atoms with E-state index in [9.17, 15) is 9.59 Å².